The molecule has 0 spiro atoms. The van der Waals surface area contributed by atoms with Crippen molar-refractivity contribution in [2.24, 2.45) is 0 Å². The molecule has 0 bridgehead atoms. The summed E-state index contributed by atoms with van der Waals surface area (Å²) >= 11 is 0. The highest BCUT2D eigenvalue weighted by Gasteiger charge is 2.24. The molecule has 7 heteroatoms. The Morgan fingerprint density at radius 2 is 1.78 bits per heavy atom. The minimum atomic E-state index is -3.78. The van der Waals surface area contributed by atoms with Crippen LogP contribution in [0.1, 0.15) is 23.6 Å². The first-order valence-corrected chi connectivity index (χ1v) is 10.2. The van der Waals surface area contributed by atoms with Gasteiger partial charge in [-0.25, -0.2) is 8.42 Å². The van der Waals surface area contributed by atoms with Crippen LogP contribution in [-0.2, 0) is 14.8 Å². The number of benzene rings is 2. The van der Waals surface area contributed by atoms with Gasteiger partial charge in [-0.05, 0) is 63.1 Å². The smallest absolute Gasteiger partial charge is 0.243 e. The first kappa shape index (κ1) is 20.9. The Balaban J connectivity index is 2.12. The van der Waals surface area contributed by atoms with Gasteiger partial charge in [0.25, 0.3) is 0 Å². The molecule has 0 unspecified atom stereocenters. The molecule has 1 N–H and O–H groups in total. The summed E-state index contributed by atoms with van der Waals surface area (Å²) < 4.78 is 32.0. The van der Waals surface area contributed by atoms with E-state index < -0.39 is 15.9 Å². The van der Waals surface area contributed by atoms with Gasteiger partial charge in [0.1, 0.15) is 5.75 Å². The molecule has 0 heterocycles. The molecule has 6 nitrogen and oxygen atoms in total. The maximum Gasteiger partial charge on any atom is 0.243 e. The Morgan fingerprint density at radius 1 is 1.07 bits per heavy atom. The molecule has 2 aromatic rings. The summed E-state index contributed by atoms with van der Waals surface area (Å²) in [5.41, 5.74) is 3.42. The van der Waals surface area contributed by atoms with Crippen molar-refractivity contribution in [3.05, 3.63) is 53.1 Å². The largest absolute Gasteiger partial charge is 0.494 e. The van der Waals surface area contributed by atoms with Crippen molar-refractivity contribution in [2.45, 2.75) is 32.6 Å². The molecule has 2 rings (SSSR count). The molecule has 0 aliphatic carbocycles. The normalized spacial score (nSPS) is 11.5. The third-order valence-corrected chi connectivity index (χ3v) is 5.98. The van der Waals surface area contributed by atoms with Crippen LogP contribution in [0, 0.1) is 20.8 Å². The topological polar surface area (TPSA) is 75.7 Å². The Labute approximate surface area is 161 Å². The van der Waals surface area contributed by atoms with Crippen LogP contribution in [0.3, 0.4) is 0 Å². The number of hydrogen-bond donors (Lipinski definition) is 1. The number of carbonyl (C=O) groups excluding carboxylic acids is 1. The lowest BCUT2D eigenvalue weighted by atomic mass is 10.1. The number of aryl methyl sites for hydroxylation is 3. The Morgan fingerprint density at radius 3 is 2.37 bits per heavy atom. The van der Waals surface area contributed by atoms with Gasteiger partial charge >= 0.3 is 0 Å². The molecule has 2 aromatic carbocycles. The zero-order chi connectivity index (χ0) is 20.2. The number of sulfonamides is 1. The van der Waals surface area contributed by atoms with Gasteiger partial charge in [0.2, 0.25) is 15.9 Å². The summed E-state index contributed by atoms with van der Waals surface area (Å²) in [4.78, 5) is 12.4. The molecular formula is C20H26N2O4S. The average Bonchev–Trinajstić information content (AvgIpc) is 2.59. The van der Waals surface area contributed by atoms with Crippen LogP contribution < -0.4 is 10.1 Å². The average molecular weight is 391 g/mol. The van der Waals surface area contributed by atoms with Crippen LogP contribution >= 0.6 is 0 Å². The Hall–Kier alpha value is -2.38. The second-order valence-corrected chi connectivity index (χ2v) is 8.53. The van der Waals surface area contributed by atoms with Crippen LogP contribution in [0.15, 0.2) is 41.3 Å². The van der Waals surface area contributed by atoms with Gasteiger partial charge in [-0.3, -0.25) is 4.79 Å². The zero-order valence-corrected chi connectivity index (χ0v) is 17.2. The minimum absolute atomic E-state index is 0.130. The second kappa shape index (κ2) is 8.54. The van der Waals surface area contributed by atoms with E-state index in [4.69, 9.17) is 4.74 Å². The van der Waals surface area contributed by atoms with E-state index in [2.05, 4.69) is 5.32 Å². The van der Waals surface area contributed by atoms with E-state index in [0.29, 0.717) is 18.0 Å². The SMILES string of the molecule is CCOc1ccc(S(=O)(=O)N(C)CC(=O)Nc2ccc(C)cc2C)cc1C. The van der Waals surface area contributed by atoms with Crippen LogP contribution in [0.25, 0.3) is 0 Å². The molecule has 0 fully saturated rings. The van der Waals surface area contributed by atoms with Crippen LogP contribution in [0.2, 0.25) is 0 Å². The van der Waals surface area contributed by atoms with Crippen LogP contribution in [0.5, 0.6) is 5.75 Å². The van der Waals surface area contributed by atoms with Gasteiger partial charge in [0.15, 0.2) is 0 Å². The van der Waals surface area contributed by atoms with Crippen molar-refractivity contribution in [3.63, 3.8) is 0 Å². The van der Waals surface area contributed by atoms with Crippen LogP contribution in [0.4, 0.5) is 5.69 Å². The Kier molecular flexibility index (Phi) is 6.62. The highest BCUT2D eigenvalue weighted by molar-refractivity contribution is 7.89. The molecule has 1 amide bonds. The van der Waals surface area contributed by atoms with Gasteiger partial charge in [0, 0.05) is 12.7 Å². The molecule has 0 radical (unpaired) electrons. The number of carbonyl (C=O) groups is 1. The molecule has 27 heavy (non-hydrogen) atoms. The molecule has 0 aliphatic rings. The lowest BCUT2D eigenvalue weighted by molar-refractivity contribution is -0.116. The summed E-state index contributed by atoms with van der Waals surface area (Å²) in [5.74, 6) is 0.252. The van der Waals surface area contributed by atoms with Crippen molar-refractivity contribution in [3.8, 4) is 5.75 Å². The van der Waals surface area contributed by atoms with E-state index in [-0.39, 0.29) is 11.4 Å². The summed E-state index contributed by atoms with van der Waals surface area (Å²) in [5, 5.41) is 2.76. The fraction of sp³-hybridized carbons (Fsp3) is 0.350. The quantitative estimate of drug-likeness (QED) is 0.787. The molecule has 0 aromatic heterocycles. The first-order valence-electron chi connectivity index (χ1n) is 8.72. The fourth-order valence-corrected chi connectivity index (χ4v) is 3.92. The minimum Gasteiger partial charge on any atom is -0.494 e. The van der Waals surface area contributed by atoms with Gasteiger partial charge in [-0.2, -0.15) is 4.31 Å². The molecule has 0 saturated carbocycles. The van der Waals surface area contributed by atoms with E-state index in [1.54, 1.807) is 19.1 Å². The fourth-order valence-electron chi connectivity index (χ4n) is 2.71. The number of anilines is 1. The molecule has 0 aliphatic heterocycles. The number of amides is 1. The lowest BCUT2D eigenvalue weighted by Crippen LogP contribution is -2.35. The third-order valence-electron chi connectivity index (χ3n) is 4.18. The Bertz CT molecular complexity index is 939. The maximum absolute atomic E-state index is 12.8. The van der Waals surface area contributed by atoms with Gasteiger partial charge < -0.3 is 10.1 Å². The maximum atomic E-state index is 12.8. The number of hydrogen-bond acceptors (Lipinski definition) is 4. The van der Waals surface area contributed by atoms with Crippen molar-refractivity contribution in [2.75, 3.05) is 25.5 Å². The molecule has 0 atom stereocenters. The number of likely N-dealkylation sites (N-methyl/N-ethyl adjacent to an activating group) is 1. The van der Waals surface area contributed by atoms with Gasteiger partial charge in [-0.15, -0.1) is 0 Å². The van der Waals surface area contributed by atoms with Crippen molar-refractivity contribution < 1.29 is 17.9 Å². The van der Waals surface area contributed by atoms with E-state index >= 15 is 0 Å². The highest BCUT2D eigenvalue weighted by Crippen LogP contribution is 2.23. The summed E-state index contributed by atoms with van der Waals surface area (Å²) in [6.07, 6.45) is 0. The third kappa shape index (κ3) is 5.08. The van der Waals surface area contributed by atoms with E-state index in [0.717, 1.165) is 21.0 Å². The second-order valence-electron chi connectivity index (χ2n) is 6.49. The van der Waals surface area contributed by atoms with Crippen molar-refractivity contribution in [1.82, 2.24) is 4.31 Å². The number of ether oxygens (including phenoxy) is 1. The van der Waals surface area contributed by atoms with Gasteiger partial charge in [-0.1, -0.05) is 17.7 Å². The predicted molar refractivity (Wildman–Crippen MR) is 107 cm³/mol. The summed E-state index contributed by atoms with van der Waals surface area (Å²) in [6.45, 7) is 7.75. The van der Waals surface area contributed by atoms with E-state index in [1.165, 1.54) is 13.1 Å². The van der Waals surface area contributed by atoms with Crippen LogP contribution in [-0.4, -0.2) is 38.8 Å². The summed E-state index contributed by atoms with van der Waals surface area (Å²) in [7, 11) is -2.39. The van der Waals surface area contributed by atoms with Crippen molar-refractivity contribution in [1.29, 1.82) is 0 Å². The number of nitrogens with one attached hydrogen (secondary N) is 1. The van der Waals surface area contributed by atoms with E-state index in [1.807, 2.05) is 39.0 Å². The first-order chi connectivity index (χ1) is 12.6. The zero-order valence-electron chi connectivity index (χ0n) is 16.4. The number of nitrogens with zero attached hydrogens (tertiary/aromatic N) is 1. The predicted octanol–water partition coefficient (Wildman–Crippen LogP) is 3.27. The number of rotatable bonds is 7. The lowest BCUT2D eigenvalue weighted by Gasteiger charge is -2.18. The molecule has 146 valence electrons. The van der Waals surface area contributed by atoms with Crippen molar-refractivity contribution >= 4 is 21.6 Å². The molecular weight excluding hydrogens is 364 g/mol. The summed E-state index contributed by atoms with van der Waals surface area (Å²) in [6, 6.07) is 10.3. The molecule has 0 saturated heterocycles. The highest BCUT2D eigenvalue weighted by atomic mass is 32.2. The van der Waals surface area contributed by atoms with E-state index in [9.17, 15) is 13.2 Å². The monoisotopic (exact) mass is 390 g/mol. The standard InChI is InChI=1S/C20H26N2O4S/c1-6-26-19-10-8-17(12-16(19)4)27(24,25)22(5)13-20(23)21-18-9-7-14(2)11-15(18)3/h7-12H,6,13H2,1-5H3,(H,21,23). The van der Waals surface area contributed by atoms with Gasteiger partial charge in [0.05, 0.1) is 18.0 Å².